The summed E-state index contributed by atoms with van der Waals surface area (Å²) in [6.45, 7) is 9.60. The summed E-state index contributed by atoms with van der Waals surface area (Å²) in [7, 11) is 0. The van der Waals surface area contributed by atoms with Gasteiger partial charge in [-0.3, -0.25) is 9.55 Å². The van der Waals surface area contributed by atoms with Crippen molar-refractivity contribution in [3.63, 3.8) is 0 Å². The zero-order chi connectivity index (χ0) is 47.1. The molecular weight excluding hydrogens is 866 g/mol. The van der Waals surface area contributed by atoms with Gasteiger partial charge in [-0.1, -0.05) is 149 Å². The van der Waals surface area contributed by atoms with Crippen LogP contribution in [0.5, 0.6) is 5.75 Å². The number of nitrogens with zero attached hydrogens (tertiary/aromatic N) is 3. The molecule has 6 aromatic carbocycles. The smallest absolute Gasteiger partial charge is 0.148 e. The minimum Gasteiger partial charge on any atom is -0.507 e. The van der Waals surface area contributed by atoms with Crippen LogP contribution in [0.4, 0.5) is 0 Å². The zero-order valence-electron chi connectivity index (χ0n) is 41.9. The summed E-state index contributed by atoms with van der Waals surface area (Å²) < 4.78 is 87.4. The Morgan fingerprint density at radius 1 is 0.661 bits per heavy atom. The van der Waals surface area contributed by atoms with Gasteiger partial charge >= 0.3 is 0 Å². The van der Waals surface area contributed by atoms with E-state index in [1.54, 1.807) is 18.2 Å². The fraction of sp³-hybridized carbons (Fsp3) is 0.176. The van der Waals surface area contributed by atoms with E-state index < -0.39 is 65.8 Å². The molecule has 8 aromatic rings. The monoisotopic (exact) mass is 921 g/mol. The van der Waals surface area contributed by atoms with Crippen molar-refractivity contribution in [1.29, 1.82) is 0 Å². The van der Waals surface area contributed by atoms with Crippen LogP contribution in [0, 0.1) is 12.9 Å². The number of aromatic hydroxyl groups is 1. The Labute approximate surface area is 359 Å². The Balaban J connectivity index is 0.00000648. The Bertz CT molecular complexity index is 3180. The van der Waals surface area contributed by atoms with Gasteiger partial charge in [0.1, 0.15) is 11.6 Å². The molecule has 282 valence electrons. The van der Waals surface area contributed by atoms with Crippen LogP contribution in [0.15, 0.2) is 146 Å². The molecule has 0 aliphatic carbocycles. The van der Waals surface area contributed by atoms with Crippen LogP contribution < -0.4 is 0 Å². The van der Waals surface area contributed by atoms with Crippen LogP contribution in [0.25, 0.3) is 72.7 Å². The van der Waals surface area contributed by atoms with Crippen LogP contribution in [0.1, 0.15) is 71.9 Å². The van der Waals surface area contributed by atoms with Crippen molar-refractivity contribution in [1.82, 2.24) is 14.5 Å². The van der Waals surface area contributed by atoms with Gasteiger partial charge in [-0.05, 0) is 81.9 Å². The van der Waals surface area contributed by atoms with Crippen LogP contribution in [0.2, 0.25) is 0 Å². The first kappa shape index (κ1) is 27.9. The number of benzene rings is 6. The quantitative estimate of drug-likeness (QED) is 0.169. The van der Waals surface area contributed by atoms with Gasteiger partial charge in [-0.15, -0.1) is 29.3 Å². The second kappa shape index (κ2) is 15.2. The van der Waals surface area contributed by atoms with Gasteiger partial charge in [-0.25, -0.2) is 4.98 Å². The van der Waals surface area contributed by atoms with Gasteiger partial charge in [0.25, 0.3) is 0 Å². The average molecular weight is 922 g/mol. The van der Waals surface area contributed by atoms with Crippen LogP contribution in [-0.4, -0.2) is 19.6 Å². The maximum atomic E-state index is 11.4. The molecule has 5 heteroatoms. The molecule has 8 rings (SSSR count). The van der Waals surface area contributed by atoms with E-state index in [4.69, 9.17) is 17.3 Å². The Hall–Kier alpha value is -5.57. The molecule has 0 saturated carbocycles. The minimum absolute atomic E-state index is 0. The summed E-state index contributed by atoms with van der Waals surface area (Å²) in [6, 6.07) is 32.5. The zero-order valence-corrected chi connectivity index (χ0v) is 34.2. The van der Waals surface area contributed by atoms with Crippen molar-refractivity contribution < 1.29 is 39.9 Å². The first-order valence-electron chi connectivity index (χ1n) is 23.2. The third-order valence-corrected chi connectivity index (χ3v) is 9.73. The van der Waals surface area contributed by atoms with Gasteiger partial charge in [0.05, 0.1) is 26.2 Å². The molecule has 0 bridgehead atoms. The number of imidazole rings is 1. The Morgan fingerprint density at radius 3 is 2.05 bits per heavy atom. The predicted molar refractivity (Wildman–Crippen MR) is 229 cm³/mol. The molecule has 4 nitrogen and oxygen atoms in total. The summed E-state index contributed by atoms with van der Waals surface area (Å²) in [4.78, 5) is 9.69. The maximum Gasteiger partial charge on any atom is 0.148 e. The fourth-order valence-corrected chi connectivity index (χ4v) is 6.67. The van der Waals surface area contributed by atoms with E-state index in [2.05, 4.69) is 66.7 Å². The first-order valence-corrected chi connectivity index (χ1v) is 18.2. The molecule has 0 radical (unpaired) electrons. The van der Waals surface area contributed by atoms with E-state index in [1.165, 1.54) is 0 Å². The minimum atomic E-state index is -2.96. The molecule has 2 aromatic heterocycles. The van der Waals surface area contributed by atoms with E-state index in [-0.39, 0.29) is 49.1 Å². The average Bonchev–Trinajstić information content (AvgIpc) is 3.64. The van der Waals surface area contributed by atoms with Gasteiger partial charge in [0, 0.05) is 42.7 Å². The van der Waals surface area contributed by atoms with Crippen molar-refractivity contribution in [2.75, 3.05) is 0 Å². The number of phenolic OH excluding ortho intramolecular Hbond substituents is 1. The number of para-hydroxylation sites is 2. The molecule has 0 aliphatic rings. The predicted octanol–water partition coefficient (Wildman–Crippen LogP) is 13.2. The van der Waals surface area contributed by atoms with Gasteiger partial charge in [0.2, 0.25) is 0 Å². The van der Waals surface area contributed by atoms with Gasteiger partial charge in [-0.2, -0.15) is 0 Å². The van der Waals surface area contributed by atoms with Gasteiger partial charge in [0.15, 0.2) is 0 Å². The SMILES string of the molecule is [2H]c1nc(-c2[c-]c(-c3cccc4c3nc(-c3ccccc3O)n4-c3cc(-c4ccccc4)cc(C(C)(C)C)c3)cc(C(C)(C)C)c2)c([2H])c(-c2c([2H])c([2H])c(C([2H])([2H])[2H])c([2H])c2[2H])c1[2H].[Pt]. The Morgan fingerprint density at radius 2 is 1.34 bits per heavy atom. The van der Waals surface area contributed by atoms with Crippen molar-refractivity contribution in [3.05, 3.63) is 168 Å². The summed E-state index contributed by atoms with van der Waals surface area (Å²) in [5.74, 6) is 0.546. The topological polar surface area (TPSA) is 50.9 Å². The number of hydrogen-bond acceptors (Lipinski definition) is 3. The summed E-state index contributed by atoms with van der Waals surface area (Å²) in [6.07, 6.45) is -0.584. The van der Waals surface area contributed by atoms with E-state index in [0.29, 0.717) is 28.0 Å². The van der Waals surface area contributed by atoms with Crippen molar-refractivity contribution in [3.8, 4) is 67.5 Å². The molecule has 1 N–H and O–H groups in total. The number of aromatic nitrogens is 3. The number of fused-ring (bicyclic) bond motifs is 1. The molecule has 0 unspecified atom stereocenters. The van der Waals surface area contributed by atoms with E-state index >= 15 is 0 Å². The van der Waals surface area contributed by atoms with E-state index in [9.17, 15) is 6.48 Å². The molecule has 0 saturated heterocycles. The van der Waals surface area contributed by atoms with Crippen molar-refractivity contribution in [2.45, 2.75) is 59.2 Å². The van der Waals surface area contributed by atoms with Crippen LogP contribution in [0.3, 0.4) is 0 Å². The molecular formula is C51H46N3OPt-. The number of hydrogen-bond donors (Lipinski definition) is 1. The number of rotatable bonds is 6. The van der Waals surface area contributed by atoms with Gasteiger partial charge < -0.3 is 5.11 Å². The largest absolute Gasteiger partial charge is 0.507 e. The maximum absolute atomic E-state index is 11.4. The molecule has 0 atom stereocenters. The van der Waals surface area contributed by atoms with E-state index in [1.807, 2.05) is 75.4 Å². The summed E-state index contributed by atoms with van der Waals surface area (Å²) in [5.41, 5.74) is 5.69. The van der Waals surface area contributed by atoms with E-state index in [0.717, 1.165) is 33.5 Å². The molecule has 56 heavy (non-hydrogen) atoms. The second-order valence-electron chi connectivity index (χ2n) is 15.7. The van der Waals surface area contributed by atoms with Crippen molar-refractivity contribution >= 4 is 11.0 Å². The van der Waals surface area contributed by atoms with Crippen LogP contribution in [-0.2, 0) is 31.9 Å². The summed E-state index contributed by atoms with van der Waals surface area (Å²) >= 11 is 0. The number of pyridine rings is 1. The third kappa shape index (κ3) is 7.64. The first-order chi connectivity index (χ1) is 30.5. The number of phenols is 1. The molecule has 2 heterocycles. The molecule has 0 aliphatic heterocycles. The molecule has 0 amide bonds. The standard InChI is InChI=1S/C51H46N3O.Pt/c1-33-20-22-35(23-21-33)36-24-25-52-45(31-36)39-26-38(28-40(29-39)50(2,3)4)43-17-13-18-46-48(43)53-49(44-16-11-12-19-47(44)55)54(46)42-30-37(34-14-9-8-10-15-34)27-41(32-42)51(5,6)7;/h8-25,27-32,55H,1-7H3;/q-1;/i1D3,20D,21D,22D,23D,24D,25D,31D;. The summed E-state index contributed by atoms with van der Waals surface area (Å²) in [5, 5.41) is 11.4. The second-order valence-corrected chi connectivity index (χ2v) is 15.7. The van der Waals surface area contributed by atoms with Crippen LogP contribution >= 0.6 is 0 Å². The molecule has 0 fully saturated rings. The normalized spacial score (nSPS) is 14.5. The fourth-order valence-electron chi connectivity index (χ4n) is 6.67. The van der Waals surface area contributed by atoms with Crippen molar-refractivity contribution in [2.24, 2.45) is 0 Å². The Kier molecular flexibility index (Phi) is 7.56. The molecule has 0 spiro atoms. The third-order valence-electron chi connectivity index (χ3n) is 9.73.